The Morgan fingerprint density at radius 3 is 2.32 bits per heavy atom. The molecule has 0 heterocycles. The molecule has 1 aromatic rings. The molecular weight excluding hydrogens is 246 g/mol. The molecule has 0 atom stereocenters. The van der Waals surface area contributed by atoms with Crippen molar-refractivity contribution < 1.29 is 19.1 Å². The molecule has 0 aliphatic rings. The van der Waals surface area contributed by atoms with Gasteiger partial charge in [-0.25, -0.2) is 9.59 Å². The summed E-state index contributed by atoms with van der Waals surface area (Å²) < 4.78 is 9.25. The Morgan fingerprint density at radius 1 is 1.16 bits per heavy atom. The Labute approximate surface area is 112 Å². The molecule has 0 fully saturated rings. The monoisotopic (exact) mass is 263 g/mol. The molecule has 0 aliphatic carbocycles. The minimum Gasteiger partial charge on any atom is -0.466 e. The number of carbonyl (C=O) groups is 2. The summed E-state index contributed by atoms with van der Waals surface area (Å²) >= 11 is 0. The van der Waals surface area contributed by atoms with Crippen molar-refractivity contribution in [2.24, 2.45) is 0 Å². The van der Waals surface area contributed by atoms with Crippen LogP contribution in [0.2, 0.25) is 0 Å². The van der Waals surface area contributed by atoms with Crippen LogP contribution in [0, 0.1) is 0 Å². The smallest absolute Gasteiger partial charge is 0.410 e. The topological polar surface area (TPSA) is 55.8 Å². The van der Waals surface area contributed by atoms with Crippen LogP contribution in [-0.2, 0) is 20.8 Å². The van der Waals surface area contributed by atoms with Gasteiger partial charge in [0.15, 0.2) is 0 Å². The van der Waals surface area contributed by atoms with Gasteiger partial charge < -0.3 is 9.47 Å². The summed E-state index contributed by atoms with van der Waals surface area (Å²) in [5.41, 5.74) is 1.13. The fraction of sp³-hybridized carbons (Fsp3) is 0.286. The van der Waals surface area contributed by atoms with Crippen LogP contribution in [0.3, 0.4) is 0 Å². The van der Waals surface area contributed by atoms with Crippen molar-refractivity contribution in [3.8, 4) is 0 Å². The van der Waals surface area contributed by atoms with Gasteiger partial charge in [-0.05, 0) is 5.56 Å². The summed E-state index contributed by atoms with van der Waals surface area (Å²) in [6, 6.07) is 9.41. The maximum Gasteiger partial charge on any atom is 0.410 e. The molecule has 1 rings (SSSR count). The largest absolute Gasteiger partial charge is 0.466 e. The fourth-order valence-corrected chi connectivity index (χ4v) is 1.56. The average molecular weight is 263 g/mol. The molecule has 0 aromatic heterocycles. The number of hydrogen-bond donors (Lipinski definition) is 0. The second-order valence-corrected chi connectivity index (χ2v) is 3.91. The Balaban J connectivity index is 2.76. The lowest BCUT2D eigenvalue weighted by Crippen LogP contribution is -2.33. The quantitative estimate of drug-likeness (QED) is 0.602. The first-order chi connectivity index (χ1) is 9.08. The number of benzene rings is 1. The van der Waals surface area contributed by atoms with Gasteiger partial charge in [0.1, 0.15) is 0 Å². The van der Waals surface area contributed by atoms with Gasteiger partial charge in [0.2, 0.25) is 0 Å². The van der Waals surface area contributed by atoms with Crippen LogP contribution in [-0.4, -0.2) is 37.7 Å². The second kappa shape index (κ2) is 7.20. The Hall–Kier alpha value is -2.30. The van der Waals surface area contributed by atoms with E-state index in [1.54, 1.807) is 0 Å². The van der Waals surface area contributed by atoms with Crippen molar-refractivity contribution >= 4 is 12.1 Å². The molecule has 0 saturated heterocycles. The highest BCUT2D eigenvalue weighted by molar-refractivity contribution is 5.88. The number of esters is 1. The fourth-order valence-electron chi connectivity index (χ4n) is 1.56. The third-order valence-electron chi connectivity index (χ3n) is 2.50. The lowest BCUT2D eigenvalue weighted by molar-refractivity contribution is -0.136. The zero-order valence-corrected chi connectivity index (χ0v) is 11.1. The molecule has 19 heavy (non-hydrogen) atoms. The van der Waals surface area contributed by atoms with E-state index in [0.717, 1.165) is 5.56 Å². The van der Waals surface area contributed by atoms with Crippen molar-refractivity contribution in [2.75, 3.05) is 20.8 Å². The van der Waals surface area contributed by atoms with E-state index in [0.29, 0.717) is 6.54 Å². The van der Waals surface area contributed by atoms with Crippen LogP contribution in [0.25, 0.3) is 0 Å². The van der Waals surface area contributed by atoms with Gasteiger partial charge in [-0.15, -0.1) is 0 Å². The zero-order chi connectivity index (χ0) is 14.3. The first kappa shape index (κ1) is 14.8. The van der Waals surface area contributed by atoms with Crippen molar-refractivity contribution in [3.05, 3.63) is 48.0 Å². The van der Waals surface area contributed by atoms with Gasteiger partial charge in [0.25, 0.3) is 0 Å². The Kier molecular flexibility index (Phi) is 5.60. The molecule has 1 amide bonds. The average Bonchev–Trinajstić information content (AvgIpc) is 2.45. The number of nitrogens with zero attached hydrogens (tertiary/aromatic N) is 1. The van der Waals surface area contributed by atoms with E-state index in [4.69, 9.17) is 4.74 Å². The molecule has 1 aromatic carbocycles. The molecule has 5 heteroatoms. The SMILES string of the molecule is C=C(CN(Cc1ccccc1)C(=O)OC)C(=O)OC. The van der Waals surface area contributed by atoms with Crippen LogP contribution in [0.5, 0.6) is 0 Å². The van der Waals surface area contributed by atoms with E-state index in [1.807, 2.05) is 30.3 Å². The molecule has 0 saturated carbocycles. The minimum absolute atomic E-state index is 0.0637. The van der Waals surface area contributed by atoms with E-state index in [9.17, 15) is 9.59 Å². The molecule has 0 spiro atoms. The number of rotatable bonds is 5. The van der Waals surface area contributed by atoms with Gasteiger partial charge in [0, 0.05) is 12.1 Å². The molecule has 0 unspecified atom stereocenters. The van der Waals surface area contributed by atoms with Gasteiger partial charge in [-0.2, -0.15) is 0 Å². The predicted molar refractivity (Wildman–Crippen MR) is 70.4 cm³/mol. The van der Waals surface area contributed by atoms with E-state index >= 15 is 0 Å². The number of hydrogen-bond acceptors (Lipinski definition) is 4. The van der Waals surface area contributed by atoms with Gasteiger partial charge >= 0.3 is 12.1 Å². The van der Waals surface area contributed by atoms with Crippen LogP contribution < -0.4 is 0 Å². The highest BCUT2D eigenvalue weighted by Gasteiger charge is 2.18. The standard InChI is InChI=1S/C14H17NO4/c1-11(13(16)18-2)9-15(14(17)19-3)10-12-7-5-4-6-8-12/h4-8H,1,9-10H2,2-3H3. The number of methoxy groups -OCH3 is 2. The summed E-state index contributed by atoms with van der Waals surface area (Å²) in [4.78, 5) is 24.4. The normalized spacial score (nSPS) is 9.58. The lowest BCUT2D eigenvalue weighted by Gasteiger charge is -2.21. The van der Waals surface area contributed by atoms with Gasteiger partial charge in [0.05, 0.1) is 20.8 Å². The summed E-state index contributed by atoms with van der Waals surface area (Å²) in [5, 5.41) is 0. The van der Waals surface area contributed by atoms with Crippen LogP contribution in [0.1, 0.15) is 5.56 Å². The second-order valence-electron chi connectivity index (χ2n) is 3.91. The summed E-state index contributed by atoms with van der Waals surface area (Å²) in [5.74, 6) is -0.540. The zero-order valence-electron chi connectivity index (χ0n) is 11.1. The number of amides is 1. The third-order valence-corrected chi connectivity index (χ3v) is 2.50. The molecule has 0 aliphatic heterocycles. The minimum atomic E-state index is -0.540. The van der Waals surface area contributed by atoms with Crippen LogP contribution >= 0.6 is 0 Å². The highest BCUT2D eigenvalue weighted by Crippen LogP contribution is 2.08. The van der Waals surface area contributed by atoms with Crippen molar-refractivity contribution in [2.45, 2.75) is 6.54 Å². The molecule has 0 N–H and O–H groups in total. The van der Waals surface area contributed by atoms with Gasteiger partial charge in [-0.3, -0.25) is 4.90 Å². The number of carbonyl (C=O) groups excluding carboxylic acids is 2. The van der Waals surface area contributed by atoms with Crippen molar-refractivity contribution in [3.63, 3.8) is 0 Å². The van der Waals surface area contributed by atoms with Crippen LogP contribution in [0.15, 0.2) is 42.5 Å². The predicted octanol–water partition coefficient (Wildman–Crippen LogP) is 1.98. The maximum absolute atomic E-state index is 11.7. The lowest BCUT2D eigenvalue weighted by atomic mass is 10.2. The van der Waals surface area contributed by atoms with Crippen LogP contribution in [0.4, 0.5) is 4.79 Å². The van der Waals surface area contributed by atoms with E-state index < -0.39 is 12.1 Å². The van der Waals surface area contributed by atoms with Crippen molar-refractivity contribution in [1.82, 2.24) is 4.90 Å². The first-order valence-corrected chi connectivity index (χ1v) is 5.71. The van der Waals surface area contributed by atoms with Gasteiger partial charge in [-0.1, -0.05) is 36.9 Å². The molecule has 102 valence electrons. The third kappa shape index (κ3) is 4.46. The molecule has 5 nitrogen and oxygen atoms in total. The Morgan fingerprint density at radius 2 is 1.79 bits per heavy atom. The number of ether oxygens (including phenoxy) is 2. The summed E-state index contributed by atoms with van der Waals surface area (Å²) in [6.07, 6.45) is -0.520. The van der Waals surface area contributed by atoms with E-state index in [1.165, 1.54) is 19.1 Å². The van der Waals surface area contributed by atoms with E-state index in [-0.39, 0.29) is 12.1 Å². The molecule has 0 bridgehead atoms. The molecular formula is C14H17NO4. The Bertz CT molecular complexity index is 456. The van der Waals surface area contributed by atoms with E-state index in [2.05, 4.69) is 11.3 Å². The first-order valence-electron chi connectivity index (χ1n) is 5.71. The summed E-state index contributed by atoms with van der Waals surface area (Å²) in [6.45, 7) is 4.00. The maximum atomic E-state index is 11.7. The summed E-state index contributed by atoms with van der Waals surface area (Å²) in [7, 11) is 2.56. The highest BCUT2D eigenvalue weighted by atomic mass is 16.5. The van der Waals surface area contributed by atoms with Crippen molar-refractivity contribution in [1.29, 1.82) is 0 Å². The molecule has 0 radical (unpaired) electrons.